The van der Waals surface area contributed by atoms with E-state index >= 15 is 0 Å². The number of piperidine rings is 1. The van der Waals surface area contributed by atoms with Crippen LogP contribution in [0.1, 0.15) is 41.3 Å². The molecule has 3 rings (SSSR count). The van der Waals surface area contributed by atoms with Gasteiger partial charge in [0, 0.05) is 25.2 Å². The van der Waals surface area contributed by atoms with Gasteiger partial charge < -0.3 is 15.8 Å². The van der Waals surface area contributed by atoms with Crippen LogP contribution in [0.2, 0.25) is 0 Å². The summed E-state index contributed by atoms with van der Waals surface area (Å²) in [5, 5.41) is 2.93. The first-order valence-electron chi connectivity index (χ1n) is 10.1. The van der Waals surface area contributed by atoms with E-state index in [1.54, 1.807) is 24.3 Å². The fourth-order valence-electron chi connectivity index (χ4n) is 3.66. The van der Waals surface area contributed by atoms with Crippen LogP contribution in [0.5, 0.6) is 5.75 Å². The molecule has 6 heteroatoms. The molecule has 1 saturated heterocycles. The second kappa shape index (κ2) is 10.1. The van der Waals surface area contributed by atoms with E-state index in [1.807, 2.05) is 12.1 Å². The average Bonchev–Trinajstić information content (AvgIpc) is 2.72. The van der Waals surface area contributed by atoms with Gasteiger partial charge >= 0.3 is 0 Å². The van der Waals surface area contributed by atoms with Crippen molar-refractivity contribution >= 4 is 11.8 Å². The van der Waals surface area contributed by atoms with Gasteiger partial charge in [-0.25, -0.2) is 0 Å². The highest BCUT2D eigenvalue weighted by molar-refractivity contribution is 5.92. The molecule has 0 radical (unpaired) electrons. The molecule has 0 unspecified atom stereocenters. The van der Waals surface area contributed by atoms with Crippen LogP contribution >= 0.6 is 0 Å². The number of amides is 2. The molecule has 0 aromatic heterocycles. The van der Waals surface area contributed by atoms with Gasteiger partial charge in [-0.05, 0) is 60.7 Å². The van der Waals surface area contributed by atoms with Crippen molar-refractivity contribution in [2.75, 3.05) is 19.7 Å². The topological polar surface area (TPSA) is 84.7 Å². The Bertz CT molecular complexity index is 836. The summed E-state index contributed by atoms with van der Waals surface area (Å²) in [7, 11) is 0. The first-order valence-corrected chi connectivity index (χ1v) is 10.1. The van der Waals surface area contributed by atoms with Crippen LogP contribution in [-0.2, 0) is 17.9 Å². The van der Waals surface area contributed by atoms with E-state index < -0.39 is 5.91 Å². The van der Waals surface area contributed by atoms with Gasteiger partial charge in [-0.1, -0.05) is 31.2 Å². The fraction of sp³-hybridized carbons (Fsp3) is 0.391. The molecular formula is C23H29N3O3. The standard InChI is InChI=1S/C23H29N3O3/c1-17-5-4-12-26(14-17)15-20-7-3-2-6-19(20)13-25-22(27)16-29-21-10-8-18(9-11-21)23(24)28/h2-3,6-11,17H,4-5,12-16H2,1H3,(H2,24,28)(H,25,27)/t17-/m1/s1. The zero-order valence-electron chi connectivity index (χ0n) is 16.9. The lowest BCUT2D eigenvalue weighted by Crippen LogP contribution is -2.34. The number of primary amides is 1. The van der Waals surface area contributed by atoms with Crippen LogP contribution in [0.25, 0.3) is 0 Å². The van der Waals surface area contributed by atoms with E-state index in [1.165, 1.54) is 18.4 Å². The van der Waals surface area contributed by atoms with Gasteiger partial charge in [-0.3, -0.25) is 14.5 Å². The van der Waals surface area contributed by atoms with Crippen molar-refractivity contribution in [2.45, 2.75) is 32.9 Å². The Labute approximate surface area is 172 Å². The molecule has 0 aliphatic carbocycles. The maximum absolute atomic E-state index is 12.2. The number of nitrogens with zero attached hydrogens (tertiary/aromatic N) is 1. The molecule has 29 heavy (non-hydrogen) atoms. The van der Waals surface area contributed by atoms with Crippen LogP contribution in [0, 0.1) is 5.92 Å². The number of benzene rings is 2. The number of ether oxygens (including phenoxy) is 1. The highest BCUT2D eigenvalue weighted by Crippen LogP contribution is 2.19. The molecule has 0 saturated carbocycles. The summed E-state index contributed by atoms with van der Waals surface area (Å²) in [6.45, 7) is 5.87. The largest absolute Gasteiger partial charge is 0.484 e. The van der Waals surface area contributed by atoms with Gasteiger partial charge in [0.1, 0.15) is 5.75 Å². The van der Waals surface area contributed by atoms with Crippen LogP contribution in [0.15, 0.2) is 48.5 Å². The Balaban J connectivity index is 1.49. The molecule has 154 valence electrons. The summed E-state index contributed by atoms with van der Waals surface area (Å²) in [5.41, 5.74) is 8.00. The number of nitrogens with two attached hydrogens (primary N) is 1. The first-order chi connectivity index (χ1) is 14.0. The van der Waals surface area contributed by atoms with E-state index in [0.717, 1.165) is 31.1 Å². The number of carbonyl (C=O) groups is 2. The summed E-state index contributed by atoms with van der Waals surface area (Å²) in [6.07, 6.45) is 2.55. The van der Waals surface area contributed by atoms with E-state index in [-0.39, 0.29) is 12.5 Å². The van der Waals surface area contributed by atoms with E-state index in [4.69, 9.17) is 10.5 Å². The van der Waals surface area contributed by atoms with Crippen molar-refractivity contribution in [3.63, 3.8) is 0 Å². The van der Waals surface area contributed by atoms with E-state index in [2.05, 4.69) is 29.3 Å². The normalized spacial score (nSPS) is 16.9. The maximum Gasteiger partial charge on any atom is 0.258 e. The number of rotatable bonds is 8. The lowest BCUT2D eigenvalue weighted by Gasteiger charge is -2.31. The van der Waals surface area contributed by atoms with Gasteiger partial charge in [0.2, 0.25) is 5.91 Å². The van der Waals surface area contributed by atoms with E-state index in [9.17, 15) is 9.59 Å². The van der Waals surface area contributed by atoms with Gasteiger partial charge in [0.25, 0.3) is 5.91 Å². The van der Waals surface area contributed by atoms with Crippen LogP contribution in [0.3, 0.4) is 0 Å². The fourth-order valence-corrected chi connectivity index (χ4v) is 3.66. The molecule has 0 bridgehead atoms. The second-order valence-electron chi connectivity index (χ2n) is 7.71. The Kier molecular flexibility index (Phi) is 7.25. The lowest BCUT2D eigenvalue weighted by molar-refractivity contribution is -0.123. The van der Waals surface area contributed by atoms with Crippen LogP contribution in [0.4, 0.5) is 0 Å². The summed E-state index contributed by atoms with van der Waals surface area (Å²) >= 11 is 0. The van der Waals surface area contributed by atoms with E-state index in [0.29, 0.717) is 17.9 Å². The molecule has 2 aromatic rings. The first kappa shape index (κ1) is 20.9. The smallest absolute Gasteiger partial charge is 0.258 e. The summed E-state index contributed by atoms with van der Waals surface area (Å²) in [5.74, 6) is 0.576. The van der Waals surface area contributed by atoms with Crippen molar-refractivity contribution in [1.29, 1.82) is 0 Å². The molecule has 2 amide bonds. The summed E-state index contributed by atoms with van der Waals surface area (Å²) in [6, 6.07) is 14.7. The maximum atomic E-state index is 12.2. The predicted molar refractivity (Wildman–Crippen MR) is 112 cm³/mol. The molecule has 1 heterocycles. The lowest BCUT2D eigenvalue weighted by atomic mass is 9.99. The molecule has 2 aromatic carbocycles. The number of likely N-dealkylation sites (tertiary alicyclic amines) is 1. The third-order valence-corrected chi connectivity index (χ3v) is 5.24. The van der Waals surface area contributed by atoms with Crippen molar-refractivity contribution in [3.05, 3.63) is 65.2 Å². The molecule has 1 aliphatic heterocycles. The highest BCUT2D eigenvalue weighted by Gasteiger charge is 2.17. The number of hydrogen-bond acceptors (Lipinski definition) is 4. The molecular weight excluding hydrogens is 366 g/mol. The molecule has 1 aliphatic rings. The van der Waals surface area contributed by atoms with Crippen molar-refractivity contribution in [3.8, 4) is 5.75 Å². The molecule has 6 nitrogen and oxygen atoms in total. The molecule has 0 spiro atoms. The zero-order valence-corrected chi connectivity index (χ0v) is 16.9. The van der Waals surface area contributed by atoms with Crippen molar-refractivity contribution < 1.29 is 14.3 Å². The van der Waals surface area contributed by atoms with Crippen molar-refractivity contribution in [1.82, 2.24) is 10.2 Å². The SMILES string of the molecule is C[C@@H]1CCCN(Cc2ccccc2CNC(=O)COc2ccc(C(N)=O)cc2)C1. The number of carbonyl (C=O) groups excluding carboxylic acids is 2. The average molecular weight is 396 g/mol. The molecule has 3 N–H and O–H groups in total. The van der Waals surface area contributed by atoms with Crippen LogP contribution in [-0.4, -0.2) is 36.4 Å². The highest BCUT2D eigenvalue weighted by atomic mass is 16.5. The minimum absolute atomic E-state index is 0.0816. The second-order valence-corrected chi connectivity index (χ2v) is 7.71. The Morgan fingerprint density at radius 3 is 2.55 bits per heavy atom. The minimum Gasteiger partial charge on any atom is -0.484 e. The van der Waals surface area contributed by atoms with Gasteiger partial charge in [0.05, 0.1) is 0 Å². The minimum atomic E-state index is -0.494. The summed E-state index contributed by atoms with van der Waals surface area (Å²) in [4.78, 5) is 25.8. The van der Waals surface area contributed by atoms with Gasteiger partial charge in [0.15, 0.2) is 6.61 Å². The van der Waals surface area contributed by atoms with Crippen molar-refractivity contribution in [2.24, 2.45) is 11.7 Å². The van der Waals surface area contributed by atoms with Crippen LogP contribution < -0.4 is 15.8 Å². The number of hydrogen-bond donors (Lipinski definition) is 2. The van der Waals surface area contributed by atoms with Gasteiger partial charge in [-0.15, -0.1) is 0 Å². The quantitative estimate of drug-likeness (QED) is 0.720. The summed E-state index contributed by atoms with van der Waals surface area (Å²) < 4.78 is 5.48. The van der Waals surface area contributed by atoms with Gasteiger partial charge in [-0.2, -0.15) is 0 Å². The Morgan fingerprint density at radius 2 is 1.86 bits per heavy atom. The zero-order chi connectivity index (χ0) is 20.6. The Hall–Kier alpha value is -2.86. The monoisotopic (exact) mass is 395 g/mol. The molecule has 1 atom stereocenters. The number of nitrogens with one attached hydrogen (secondary N) is 1. The molecule has 1 fully saturated rings. The third-order valence-electron chi connectivity index (χ3n) is 5.24. The predicted octanol–water partition coefficient (Wildman–Crippen LogP) is 2.71. The third kappa shape index (κ3) is 6.32. The Morgan fingerprint density at radius 1 is 1.14 bits per heavy atom.